The Bertz CT molecular complexity index is 588. The molecule has 1 aromatic carbocycles. The van der Waals surface area contributed by atoms with Crippen molar-refractivity contribution in [2.24, 2.45) is 0 Å². The molecule has 0 aliphatic carbocycles. The van der Waals surface area contributed by atoms with Gasteiger partial charge in [-0.1, -0.05) is 18.2 Å². The average Bonchev–Trinajstić information content (AvgIpc) is 2.29. The first-order valence-corrected chi connectivity index (χ1v) is 4.62. The van der Waals surface area contributed by atoms with Crippen molar-refractivity contribution in [3.63, 3.8) is 0 Å². The van der Waals surface area contributed by atoms with Crippen LogP contribution in [-0.4, -0.2) is 22.9 Å². The fraction of sp³-hybridized carbons (Fsp3) is 0.0909. The van der Waals surface area contributed by atoms with E-state index in [0.717, 1.165) is 0 Å². The highest BCUT2D eigenvalue weighted by Gasteiger charge is 2.09. The number of aliphatic hydroxyl groups is 1. The second kappa shape index (κ2) is 4.16. The average molecular weight is 219 g/mol. The second-order valence-electron chi connectivity index (χ2n) is 3.16. The number of pyridine rings is 1. The highest BCUT2D eigenvalue weighted by Crippen LogP contribution is 2.10. The quantitative estimate of drug-likeness (QED) is 0.573. The third kappa shape index (κ3) is 1.80. The Hall–Kier alpha value is -2.14. The van der Waals surface area contributed by atoms with E-state index in [9.17, 15) is 9.59 Å². The van der Waals surface area contributed by atoms with Crippen molar-refractivity contribution in [3.05, 3.63) is 46.4 Å². The molecule has 0 unspecified atom stereocenters. The van der Waals surface area contributed by atoms with Crippen LogP contribution in [0.1, 0.15) is 10.5 Å². The summed E-state index contributed by atoms with van der Waals surface area (Å²) in [4.78, 5) is 25.3. The first-order chi connectivity index (χ1) is 7.72. The Morgan fingerprint density at radius 1 is 1.38 bits per heavy atom. The lowest BCUT2D eigenvalue weighted by Gasteiger charge is -2.02. The Labute approximate surface area is 90.3 Å². The fourth-order valence-electron chi connectivity index (χ4n) is 1.46. The number of aliphatic hydroxyl groups excluding tert-OH is 1. The van der Waals surface area contributed by atoms with Gasteiger partial charge in [0.15, 0.2) is 6.79 Å². The summed E-state index contributed by atoms with van der Waals surface area (Å²) >= 11 is 0. The van der Waals surface area contributed by atoms with Crippen molar-refractivity contribution in [1.82, 2.24) is 4.98 Å². The van der Waals surface area contributed by atoms with Gasteiger partial charge in [0, 0.05) is 5.39 Å². The number of esters is 1. The molecule has 16 heavy (non-hydrogen) atoms. The Morgan fingerprint density at radius 2 is 2.12 bits per heavy atom. The summed E-state index contributed by atoms with van der Waals surface area (Å²) in [6.07, 6.45) is 0. The highest BCUT2D eigenvalue weighted by atomic mass is 16.6. The van der Waals surface area contributed by atoms with Gasteiger partial charge >= 0.3 is 5.97 Å². The molecule has 0 amide bonds. The Morgan fingerprint density at radius 3 is 2.88 bits per heavy atom. The third-order valence-corrected chi connectivity index (χ3v) is 2.17. The van der Waals surface area contributed by atoms with Crippen LogP contribution < -0.4 is 5.56 Å². The third-order valence-electron chi connectivity index (χ3n) is 2.17. The molecule has 0 spiro atoms. The van der Waals surface area contributed by atoms with E-state index in [1.807, 2.05) is 0 Å². The summed E-state index contributed by atoms with van der Waals surface area (Å²) in [7, 11) is 0. The summed E-state index contributed by atoms with van der Waals surface area (Å²) in [6, 6.07) is 8.40. The van der Waals surface area contributed by atoms with Crippen molar-refractivity contribution in [1.29, 1.82) is 0 Å². The highest BCUT2D eigenvalue weighted by molar-refractivity contribution is 5.92. The number of carbonyl (C=O) groups excluding carboxylic acids is 1. The molecule has 0 saturated heterocycles. The lowest BCUT2D eigenvalue weighted by Crippen LogP contribution is -2.15. The van der Waals surface area contributed by atoms with Gasteiger partial charge in [0.2, 0.25) is 0 Å². The van der Waals surface area contributed by atoms with E-state index < -0.39 is 12.8 Å². The minimum Gasteiger partial charge on any atom is -0.434 e. The van der Waals surface area contributed by atoms with Crippen molar-refractivity contribution in [3.8, 4) is 0 Å². The monoisotopic (exact) mass is 219 g/mol. The van der Waals surface area contributed by atoms with Crippen molar-refractivity contribution in [2.45, 2.75) is 0 Å². The maximum Gasteiger partial charge on any atom is 0.356 e. The van der Waals surface area contributed by atoms with Crippen LogP contribution in [0.2, 0.25) is 0 Å². The molecular formula is C11H9NO4. The van der Waals surface area contributed by atoms with Gasteiger partial charge in [-0.2, -0.15) is 0 Å². The Balaban J connectivity index is 2.58. The molecule has 1 heterocycles. The standard InChI is InChI=1S/C11H9NO4/c13-6-16-11(15)9-5-7-3-1-2-4-8(7)10(14)12-9/h1-5,13H,6H2,(H,12,14). The predicted octanol–water partition coefficient (Wildman–Crippen LogP) is 0.635. The van der Waals surface area contributed by atoms with Gasteiger partial charge in [0.25, 0.3) is 5.56 Å². The smallest absolute Gasteiger partial charge is 0.356 e. The summed E-state index contributed by atoms with van der Waals surface area (Å²) in [5.41, 5.74) is -0.333. The number of ether oxygens (including phenoxy) is 1. The van der Waals surface area contributed by atoms with Crippen LogP contribution in [0.5, 0.6) is 0 Å². The molecule has 0 bridgehead atoms. The summed E-state index contributed by atoms with van der Waals surface area (Å²) < 4.78 is 4.38. The van der Waals surface area contributed by atoms with Gasteiger partial charge in [0.1, 0.15) is 5.69 Å². The van der Waals surface area contributed by atoms with Crippen LogP contribution in [0.4, 0.5) is 0 Å². The SMILES string of the molecule is O=C(OCO)c1cc2ccccc2c(=O)[nH]1. The maximum atomic E-state index is 11.6. The minimum absolute atomic E-state index is 0.0257. The lowest BCUT2D eigenvalue weighted by molar-refractivity contribution is 0.00623. The number of H-pyrrole nitrogens is 1. The zero-order chi connectivity index (χ0) is 11.5. The topological polar surface area (TPSA) is 79.4 Å². The van der Waals surface area contributed by atoms with Gasteiger partial charge in [-0.25, -0.2) is 4.79 Å². The maximum absolute atomic E-state index is 11.6. The first-order valence-electron chi connectivity index (χ1n) is 4.62. The number of nitrogens with one attached hydrogen (secondary N) is 1. The van der Waals surface area contributed by atoms with Crippen LogP contribution >= 0.6 is 0 Å². The molecule has 0 aliphatic rings. The lowest BCUT2D eigenvalue weighted by atomic mass is 10.1. The van der Waals surface area contributed by atoms with Crippen molar-refractivity contribution >= 4 is 16.7 Å². The number of aromatic nitrogens is 1. The van der Waals surface area contributed by atoms with Crippen molar-refractivity contribution in [2.75, 3.05) is 6.79 Å². The molecule has 0 aliphatic heterocycles. The molecule has 2 rings (SSSR count). The zero-order valence-electron chi connectivity index (χ0n) is 8.27. The molecule has 0 radical (unpaired) electrons. The molecule has 5 nitrogen and oxygen atoms in total. The summed E-state index contributed by atoms with van der Waals surface area (Å²) in [6.45, 7) is -0.715. The molecular weight excluding hydrogens is 210 g/mol. The normalized spacial score (nSPS) is 10.3. The number of fused-ring (bicyclic) bond motifs is 1. The van der Waals surface area contributed by atoms with E-state index in [-0.39, 0.29) is 11.3 Å². The van der Waals surface area contributed by atoms with Gasteiger partial charge in [0.05, 0.1) is 0 Å². The number of benzene rings is 1. The van der Waals surface area contributed by atoms with E-state index in [1.54, 1.807) is 24.3 Å². The first kappa shape index (κ1) is 10.4. The fourth-order valence-corrected chi connectivity index (χ4v) is 1.46. The number of hydrogen-bond donors (Lipinski definition) is 2. The van der Waals surface area contributed by atoms with Gasteiger partial charge < -0.3 is 14.8 Å². The van der Waals surface area contributed by atoms with E-state index in [2.05, 4.69) is 9.72 Å². The molecule has 2 N–H and O–H groups in total. The van der Waals surface area contributed by atoms with Gasteiger partial charge in [-0.15, -0.1) is 0 Å². The van der Waals surface area contributed by atoms with Gasteiger partial charge in [-0.05, 0) is 17.5 Å². The van der Waals surface area contributed by atoms with Crippen LogP contribution in [0.15, 0.2) is 35.1 Å². The number of rotatable bonds is 2. The molecule has 5 heteroatoms. The van der Waals surface area contributed by atoms with Crippen molar-refractivity contribution < 1.29 is 14.6 Å². The predicted molar refractivity (Wildman–Crippen MR) is 57.1 cm³/mol. The summed E-state index contributed by atoms with van der Waals surface area (Å²) in [5, 5.41) is 9.60. The van der Waals surface area contributed by atoms with E-state index in [4.69, 9.17) is 5.11 Å². The molecule has 82 valence electrons. The van der Waals surface area contributed by atoms with E-state index in [1.165, 1.54) is 6.07 Å². The number of carbonyl (C=O) groups is 1. The molecule has 0 saturated carbocycles. The number of aromatic amines is 1. The van der Waals surface area contributed by atoms with Crippen LogP contribution in [0, 0.1) is 0 Å². The number of hydrogen-bond acceptors (Lipinski definition) is 4. The van der Waals surface area contributed by atoms with E-state index in [0.29, 0.717) is 10.8 Å². The minimum atomic E-state index is -0.759. The largest absolute Gasteiger partial charge is 0.434 e. The molecule has 0 atom stereocenters. The van der Waals surface area contributed by atoms with Gasteiger partial charge in [-0.3, -0.25) is 4.79 Å². The van der Waals surface area contributed by atoms with Crippen LogP contribution in [0.3, 0.4) is 0 Å². The molecule has 0 fully saturated rings. The molecule has 2 aromatic rings. The molecule has 1 aromatic heterocycles. The van der Waals surface area contributed by atoms with Crippen LogP contribution in [0.25, 0.3) is 10.8 Å². The van der Waals surface area contributed by atoms with Crippen LogP contribution in [-0.2, 0) is 4.74 Å². The zero-order valence-corrected chi connectivity index (χ0v) is 8.27. The Kier molecular flexibility index (Phi) is 2.70. The second-order valence-corrected chi connectivity index (χ2v) is 3.16. The van der Waals surface area contributed by atoms with E-state index >= 15 is 0 Å². The summed E-state index contributed by atoms with van der Waals surface area (Å²) in [5.74, 6) is -0.759.